The largest absolute Gasteiger partial charge is 0.383 e. The van der Waals surface area contributed by atoms with Crippen LogP contribution in [0.5, 0.6) is 0 Å². The summed E-state index contributed by atoms with van der Waals surface area (Å²) in [7, 11) is 1.79. The number of nitrogens with one attached hydrogen (secondary N) is 1. The van der Waals surface area contributed by atoms with Gasteiger partial charge in [0.2, 0.25) is 0 Å². The molecule has 0 fully saturated rings. The smallest absolute Gasteiger partial charge is 0.262 e. The van der Waals surface area contributed by atoms with Gasteiger partial charge >= 0.3 is 0 Å². The number of aromatic nitrogens is 2. The van der Waals surface area contributed by atoms with Crippen molar-refractivity contribution >= 4 is 29.0 Å². The maximum atomic E-state index is 12.1. The maximum Gasteiger partial charge on any atom is 0.262 e. The zero-order valence-corrected chi connectivity index (χ0v) is 13.2. The molecule has 108 valence electrons. The van der Waals surface area contributed by atoms with Crippen LogP contribution in [0.4, 0.5) is 0 Å². The third kappa shape index (κ3) is 3.23. The van der Waals surface area contributed by atoms with Crippen LogP contribution in [0.2, 0.25) is 0 Å². The van der Waals surface area contributed by atoms with Gasteiger partial charge in [0, 0.05) is 23.7 Å². The van der Waals surface area contributed by atoms with Crippen LogP contribution in [0.15, 0.2) is 28.7 Å². The summed E-state index contributed by atoms with van der Waals surface area (Å²) in [4.78, 5) is 13.8. The van der Waals surface area contributed by atoms with Crippen LogP contribution in [0.3, 0.4) is 0 Å². The zero-order chi connectivity index (χ0) is 14.8. The molecule has 0 aromatic carbocycles. The number of hydrogen-bond acceptors (Lipinski definition) is 5. The predicted molar refractivity (Wildman–Crippen MR) is 81.2 cm³/mol. The van der Waals surface area contributed by atoms with Gasteiger partial charge in [-0.25, -0.2) is 0 Å². The average Bonchev–Trinajstić information content (AvgIpc) is 3.04. The van der Waals surface area contributed by atoms with Crippen molar-refractivity contribution in [1.82, 2.24) is 15.1 Å². The van der Waals surface area contributed by atoms with E-state index in [4.69, 9.17) is 0 Å². The van der Waals surface area contributed by atoms with E-state index in [-0.39, 0.29) is 12.5 Å². The van der Waals surface area contributed by atoms with Gasteiger partial charge in [-0.15, -0.1) is 23.1 Å². The molecule has 0 saturated carbocycles. The van der Waals surface area contributed by atoms with Crippen LogP contribution in [0.1, 0.15) is 22.2 Å². The molecule has 2 rings (SSSR count). The Kier molecular flexibility index (Phi) is 4.52. The molecule has 0 aliphatic heterocycles. The Morgan fingerprint density at radius 2 is 2.40 bits per heavy atom. The Bertz CT molecular complexity index is 604. The van der Waals surface area contributed by atoms with Crippen molar-refractivity contribution in [3.8, 4) is 0 Å². The predicted octanol–water partition coefficient (Wildman–Crippen LogP) is 1.84. The fourth-order valence-electron chi connectivity index (χ4n) is 1.76. The maximum absolute atomic E-state index is 12.1. The van der Waals surface area contributed by atoms with Crippen molar-refractivity contribution in [3.05, 3.63) is 34.3 Å². The molecule has 2 aromatic heterocycles. The number of rotatable bonds is 5. The highest BCUT2D eigenvalue weighted by molar-refractivity contribution is 7.98. The molecular weight excluding hydrogens is 294 g/mol. The van der Waals surface area contributed by atoms with Gasteiger partial charge in [-0.1, -0.05) is 0 Å². The van der Waals surface area contributed by atoms with Crippen LogP contribution in [-0.4, -0.2) is 33.6 Å². The number of thioether (sulfide) groups is 1. The standard InChI is InChI=1S/C13H17N3O2S2/c1-13(18,9-6-15-16(2)7-9)8-14-12(17)11-10(19-3)4-5-20-11/h4-7,18H,8H2,1-3H3,(H,14,17). The molecule has 2 N–H and O–H groups in total. The summed E-state index contributed by atoms with van der Waals surface area (Å²) in [5.74, 6) is -0.159. The fourth-order valence-corrected chi connectivity index (χ4v) is 3.42. The fraction of sp³-hybridized carbons (Fsp3) is 0.385. The number of hydrogen-bond donors (Lipinski definition) is 2. The van der Waals surface area contributed by atoms with Gasteiger partial charge in [0.25, 0.3) is 5.91 Å². The summed E-state index contributed by atoms with van der Waals surface area (Å²) < 4.78 is 1.62. The second-order valence-electron chi connectivity index (χ2n) is 4.68. The van der Waals surface area contributed by atoms with Gasteiger partial charge in [0.05, 0.1) is 12.7 Å². The number of nitrogens with zero attached hydrogens (tertiary/aromatic N) is 2. The van der Waals surface area contributed by atoms with Crippen molar-refractivity contribution in [3.63, 3.8) is 0 Å². The lowest BCUT2D eigenvalue weighted by atomic mass is 10.00. The molecule has 0 aliphatic carbocycles. The summed E-state index contributed by atoms with van der Waals surface area (Å²) in [6.45, 7) is 1.80. The van der Waals surface area contributed by atoms with Crippen molar-refractivity contribution in [2.45, 2.75) is 17.4 Å². The zero-order valence-electron chi connectivity index (χ0n) is 11.6. The number of thiophene rings is 1. The number of aliphatic hydroxyl groups is 1. The molecule has 5 nitrogen and oxygen atoms in total. The summed E-state index contributed by atoms with van der Waals surface area (Å²) >= 11 is 2.94. The summed E-state index contributed by atoms with van der Waals surface area (Å²) in [6, 6.07) is 1.92. The number of amides is 1. The second-order valence-corrected chi connectivity index (χ2v) is 6.44. The minimum atomic E-state index is -1.14. The molecule has 0 aliphatic rings. The van der Waals surface area contributed by atoms with E-state index >= 15 is 0 Å². The highest BCUT2D eigenvalue weighted by atomic mass is 32.2. The molecule has 0 saturated heterocycles. The Morgan fingerprint density at radius 3 is 3.00 bits per heavy atom. The molecule has 0 radical (unpaired) electrons. The second kappa shape index (κ2) is 5.99. The summed E-state index contributed by atoms with van der Waals surface area (Å²) in [5.41, 5.74) is -0.461. The van der Waals surface area contributed by atoms with E-state index in [9.17, 15) is 9.90 Å². The topological polar surface area (TPSA) is 67.2 Å². The Balaban J connectivity index is 2.03. The SMILES string of the molecule is CSc1ccsc1C(=O)NCC(C)(O)c1cnn(C)c1. The highest BCUT2D eigenvalue weighted by Crippen LogP contribution is 2.26. The Morgan fingerprint density at radius 1 is 1.65 bits per heavy atom. The number of aryl methyl sites for hydroxylation is 1. The number of carbonyl (C=O) groups excluding carboxylic acids is 1. The first-order chi connectivity index (χ1) is 9.44. The molecule has 2 aromatic rings. The van der Waals surface area contributed by atoms with Gasteiger partial charge in [-0.3, -0.25) is 9.48 Å². The molecule has 1 atom stereocenters. The lowest BCUT2D eigenvalue weighted by Gasteiger charge is -2.22. The quantitative estimate of drug-likeness (QED) is 0.827. The summed E-state index contributed by atoms with van der Waals surface area (Å²) in [5, 5.41) is 19.1. The summed E-state index contributed by atoms with van der Waals surface area (Å²) in [6.07, 6.45) is 5.28. The van der Waals surface area contributed by atoms with Gasteiger partial charge in [-0.05, 0) is 24.6 Å². The van der Waals surface area contributed by atoms with E-state index in [0.717, 1.165) is 4.90 Å². The van der Waals surface area contributed by atoms with E-state index in [0.29, 0.717) is 10.4 Å². The Hall–Kier alpha value is -1.31. The molecule has 2 heterocycles. The van der Waals surface area contributed by atoms with Crippen molar-refractivity contribution < 1.29 is 9.90 Å². The van der Waals surface area contributed by atoms with Crippen LogP contribution in [-0.2, 0) is 12.6 Å². The molecule has 20 heavy (non-hydrogen) atoms. The van der Waals surface area contributed by atoms with Crippen LogP contribution in [0, 0.1) is 0 Å². The van der Waals surface area contributed by atoms with Crippen LogP contribution in [0.25, 0.3) is 0 Å². The Labute approximate surface area is 126 Å². The normalized spacial score (nSPS) is 14.0. The van der Waals surface area contributed by atoms with E-state index in [1.54, 1.807) is 31.0 Å². The van der Waals surface area contributed by atoms with E-state index in [2.05, 4.69) is 10.4 Å². The number of carbonyl (C=O) groups is 1. The van der Waals surface area contributed by atoms with Gasteiger partial charge in [0.15, 0.2) is 0 Å². The highest BCUT2D eigenvalue weighted by Gasteiger charge is 2.26. The molecular formula is C13H17N3O2S2. The molecule has 1 amide bonds. The third-order valence-electron chi connectivity index (χ3n) is 2.98. The van der Waals surface area contributed by atoms with Gasteiger partial charge in [0.1, 0.15) is 10.5 Å². The monoisotopic (exact) mass is 311 g/mol. The lowest BCUT2D eigenvalue weighted by molar-refractivity contribution is 0.0526. The van der Waals surface area contributed by atoms with Crippen molar-refractivity contribution in [2.24, 2.45) is 7.05 Å². The van der Waals surface area contributed by atoms with Crippen LogP contribution >= 0.6 is 23.1 Å². The first-order valence-electron chi connectivity index (χ1n) is 6.05. The first kappa shape index (κ1) is 15.1. The van der Waals surface area contributed by atoms with E-state index in [1.165, 1.54) is 23.1 Å². The third-order valence-corrected chi connectivity index (χ3v) is 4.80. The molecule has 0 bridgehead atoms. The van der Waals surface area contributed by atoms with E-state index < -0.39 is 5.60 Å². The van der Waals surface area contributed by atoms with E-state index in [1.807, 2.05) is 17.7 Å². The lowest BCUT2D eigenvalue weighted by Crippen LogP contribution is -2.38. The van der Waals surface area contributed by atoms with Gasteiger partial charge < -0.3 is 10.4 Å². The average molecular weight is 311 g/mol. The molecule has 0 spiro atoms. The minimum absolute atomic E-state index is 0.142. The van der Waals surface area contributed by atoms with Gasteiger partial charge in [-0.2, -0.15) is 5.10 Å². The van der Waals surface area contributed by atoms with Crippen molar-refractivity contribution in [1.29, 1.82) is 0 Å². The molecule has 7 heteroatoms. The molecule has 1 unspecified atom stereocenters. The minimum Gasteiger partial charge on any atom is -0.383 e. The van der Waals surface area contributed by atoms with Crippen molar-refractivity contribution in [2.75, 3.05) is 12.8 Å². The first-order valence-corrected chi connectivity index (χ1v) is 8.15. The van der Waals surface area contributed by atoms with Crippen LogP contribution < -0.4 is 5.32 Å².